The fourth-order valence-corrected chi connectivity index (χ4v) is 5.38. The van der Waals surface area contributed by atoms with Crippen LogP contribution in [0, 0.1) is 22.0 Å². The van der Waals surface area contributed by atoms with Crippen LogP contribution in [0.3, 0.4) is 0 Å². The van der Waals surface area contributed by atoms with E-state index in [9.17, 15) is 14.9 Å². The Hall–Kier alpha value is -3.93. The monoisotopic (exact) mass is 454 g/mol. The van der Waals surface area contributed by atoms with Gasteiger partial charge < -0.3 is 9.64 Å². The van der Waals surface area contributed by atoms with Crippen LogP contribution in [0.4, 0.5) is 5.69 Å². The maximum atomic E-state index is 13.8. The molecule has 1 aliphatic heterocycles. The minimum atomic E-state index is -0.390. The highest BCUT2D eigenvalue weighted by atomic mass is 16.6. The number of non-ortho nitro benzene ring substituents is 1. The van der Waals surface area contributed by atoms with Gasteiger partial charge in [-0.1, -0.05) is 66.7 Å². The number of nitrogens with zero attached hydrogens (tertiary/aromatic N) is 2. The molecule has 0 radical (unpaired) electrons. The molecule has 0 spiro atoms. The summed E-state index contributed by atoms with van der Waals surface area (Å²) in [6.45, 7) is 1.21. The van der Waals surface area contributed by atoms with E-state index >= 15 is 0 Å². The molecule has 0 bridgehead atoms. The van der Waals surface area contributed by atoms with Gasteiger partial charge in [-0.2, -0.15) is 0 Å². The van der Waals surface area contributed by atoms with E-state index in [0.717, 1.165) is 22.4 Å². The summed E-state index contributed by atoms with van der Waals surface area (Å²) in [7, 11) is 1.64. The number of fused-ring (bicyclic) bond motifs is 1. The molecule has 34 heavy (non-hydrogen) atoms. The van der Waals surface area contributed by atoms with Gasteiger partial charge in [-0.05, 0) is 28.8 Å². The lowest BCUT2D eigenvalue weighted by Crippen LogP contribution is -2.33. The van der Waals surface area contributed by atoms with E-state index < -0.39 is 0 Å². The Labute approximate surface area is 198 Å². The average molecular weight is 455 g/mol. The smallest absolute Gasteiger partial charge is 0.269 e. The molecule has 1 heterocycles. The maximum Gasteiger partial charge on any atom is 0.269 e. The molecule has 0 saturated carbocycles. The number of hydrogen-bond donors (Lipinski definition) is 0. The predicted molar refractivity (Wildman–Crippen MR) is 130 cm³/mol. The second kappa shape index (κ2) is 9.14. The van der Waals surface area contributed by atoms with Gasteiger partial charge in [0, 0.05) is 43.0 Å². The average Bonchev–Trinajstić information content (AvgIpc) is 3.19. The normalized spacial score (nSPS) is 23.6. The van der Waals surface area contributed by atoms with E-state index in [1.165, 1.54) is 0 Å². The first-order chi connectivity index (χ1) is 16.5. The first-order valence-electron chi connectivity index (χ1n) is 11.4. The SMILES string of the molecule is COc1ccc(CN2C[C@@H]3C=C[C@H](c4ccccc4)[C@H](c4ccc([N+](=O)[O-])cc4)[C@H]3C2=O)cc1. The Morgan fingerprint density at radius 3 is 2.26 bits per heavy atom. The first kappa shape index (κ1) is 21.9. The zero-order valence-electron chi connectivity index (χ0n) is 18.9. The molecule has 1 aliphatic carbocycles. The molecule has 3 aromatic carbocycles. The third kappa shape index (κ3) is 4.07. The van der Waals surface area contributed by atoms with Crippen molar-refractivity contribution in [3.63, 3.8) is 0 Å². The molecule has 6 nitrogen and oxygen atoms in total. The van der Waals surface area contributed by atoms with Crippen molar-refractivity contribution in [1.82, 2.24) is 4.90 Å². The largest absolute Gasteiger partial charge is 0.497 e. The lowest BCUT2D eigenvalue weighted by Gasteiger charge is -2.35. The molecule has 0 unspecified atom stereocenters. The van der Waals surface area contributed by atoms with Gasteiger partial charge in [-0.3, -0.25) is 14.9 Å². The Bertz CT molecular complexity index is 1210. The topological polar surface area (TPSA) is 72.7 Å². The number of hydrogen-bond acceptors (Lipinski definition) is 4. The zero-order chi connectivity index (χ0) is 23.7. The maximum absolute atomic E-state index is 13.8. The summed E-state index contributed by atoms with van der Waals surface area (Å²) in [6.07, 6.45) is 4.41. The van der Waals surface area contributed by atoms with Crippen molar-refractivity contribution in [2.24, 2.45) is 11.8 Å². The Kier molecular flexibility index (Phi) is 5.88. The van der Waals surface area contributed by atoms with Crippen LogP contribution < -0.4 is 4.74 Å². The molecular weight excluding hydrogens is 428 g/mol. The minimum Gasteiger partial charge on any atom is -0.497 e. The highest BCUT2D eigenvalue weighted by Crippen LogP contribution is 2.50. The van der Waals surface area contributed by atoms with Crippen LogP contribution in [0.25, 0.3) is 0 Å². The highest BCUT2D eigenvalue weighted by molar-refractivity contribution is 5.83. The van der Waals surface area contributed by atoms with Gasteiger partial charge in [0.1, 0.15) is 5.75 Å². The Morgan fingerprint density at radius 1 is 0.912 bits per heavy atom. The van der Waals surface area contributed by atoms with Crippen molar-refractivity contribution in [2.75, 3.05) is 13.7 Å². The summed E-state index contributed by atoms with van der Waals surface area (Å²) >= 11 is 0. The molecule has 4 atom stereocenters. The fourth-order valence-electron chi connectivity index (χ4n) is 5.38. The van der Waals surface area contributed by atoms with Crippen molar-refractivity contribution < 1.29 is 14.5 Å². The summed E-state index contributed by atoms with van der Waals surface area (Å²) < 4.78 is 5.25. The summed E-state index contributed by atoms with van der Waals surface area (Å²) in [5, 5.41) is 11.2. The summed E-state index contributed by atoms with van der Waals surface area (Å²) in [6, 6.07) is 24.7. The molecule has 5 rings (SSSR count). The number of ether oxygens (including phenoxy) is 1. The highest BCUT2D eigenvalue weighted by Gasteiger charge is 2.48. The van der Waals surface area contributed by atoms with Crippen LogP contribution in [0.15, 0.2) is 91.0 Å². The molecule has 0 aromatic heterocycles. The number of benzene rings is 3. The molecule has 1 amide bonds. The number of likely N-dealkylation sites (tertiary alicyclic amines) is 1. The number of nitro benzene ring substituents is 1. The number of methoxy groups -OCH3 is 1. The lowest BCUT2D eigenvalue weighted by molar-refractivity contribution is -0.384. The number of carbonyl (C=O) groups is 1. The van der Waals surface area contributed by atoms with Crippen molar-refractivity contribution >= 4 is 11.6 Å². The van der Waals surface area contributed by atoms with Gasteiger partial charge in [0.15, 0.2) is 0 Å². The fraction of sp³-hybridized carbons (Fsp3) is 0.250. The molecular formula is C28H26N2O4. The van der Waals surface area contributed by atoms with Gasteiger partial charge in [0.25, 0.3) is 5.69 Å². The van der Waals surface area contributed by atoms with E-state index in [0.29, 0.717) is 13.1 Å². The third-order valence-electron chi connectivity index (χ3n) is 7.03. The number of allylic oxidation sites excluding steroid dienone is 1. The first-order valence-corrected chi connectivity index (χ1v) is 11.4. The van der Waals surface area contributed by atoms with Gasteiger partial charge in [0.05, 0.1) is 18.0 Å². The molecule has 1 saturated heterocycles. The molecule has 172 valence electrons. The van der Waals surface area contributed by atoms with Crippen molar-refractivity contribution in [2.45, 2.75) is 18.4 Å². The second-order valence-corrected chi connectivity index (χ2v) is 8.95. The zero-order valence-corrected chi connectivity index (χ0v) is 18.9. The molecule has 6 heteroatoms. The predicted octanol–water partition coefficient (Wildman–Crippen LogP) is 5.32. The number of amides is 1. The Balaban J connectivity index is 1.48. The van der Waals surface area contributed by atoms with Crippen LogP contribution in [0.5, 0.6) is 5.75 Å². The summed E-state index contributed by atoms with van der Waals surface area (Å²) in [5.41, 5.74) is 3.21. The summed E-state index contributed by atoms with van der Waals surface area (Å²) in [5.74, 6) is 0.743. The molecule has 2 aliphatic rings. The van der Waals surface area contributed by atoms with Crippen LogP contribution in [-0.4, -0.2) is 29.4 Å². The van der Waals surface area contributed by atoms with Gasteiger partial charge in [-0.15, -0.1) is 0 Å². The van der Waals surface area contributed by atoms with Gasteiger partial charge in [0.2, 0.25) is 5.91 Å². The number of nitro groups is 1. The van der Waals surface area contributed by atoms with Crippen molar-refractivity contribution in [3.05, 3.63) is 118 Å². The van der Waals surface area contributed by atoms with Gasteiger partial charge >= 0.3 is 0 Å². The van der Waals surface area contributed by atoms with E-state index in [-0.39, 0.29) is 40.2 Å². The quantitative estimate of drug-likeness (QED) is 0.287. The van der Waals surface area contributed by atoms with Crippen molar-refractivity contribution in [3.8, 4) is 5.75 Å². The Morgan fingerprint density at radius 2 is 1.62 bits per heavy atom. The summed E-state index contributed by atoms with van der Waals surface area (Å²) in [4.78, 5) is 26.5. The second-order valence-electron chi connectivity index (χ2n) is 8.95. The third-order valence-corrected chi connectivity index (χ3v) is 7.03. The number of rotatable bonds is 6. The molecule has 3 aromatic rings. The van der Waals surface area contributed by atoms with E-state index in [1.807, 2.05) is 59.5 Å². The molecule has 0 N–H and O–H groups in total. The van der Waals surface area contributed by atoms with Crippen molar-refractivity contribution in [1.29, 1.82) is 0 Å². The standard InChI is InChI=1S/C28H26N2O4/c1-34-24-14-7-19(8-15-24)17-29-18-22-11-16-25(20-5-3-2-4-6-20)26(27(22)28(29)31)21-9-12-23(13-10-21)30(32)33/h2-16,22,25-27H,17-18H2,1H3/t22-,25+,26-,27-/m0/s1. The van der Waals surface area contributed by atoms with Gasteiger partial charge in [-0.25, -0.2) is 0 Å². The van der Waals surface area contributed by atoms with E-state index in [4.69, 9.17) is 4.74 Å². The lowest BCUT2D eigenvalue weighted by atomic mass is 9.66. The van der Waals surface area contributed by atoms with Crippen LogP contribution >= 0.6 is 0 Å². The van der Waals surface area contributed by atoms with Crippen LogP contribution in [0.1, 0.15) is 28.5 Å². The van der Waals surface area contributed by atoms with E-state index in [1.54, 1.807) is 19.2 Å². The minimum absolute atomic E-state index is 0.0220. The van der Waals surface area contributed by atoms with Crippen LogP contribution in [0.2, 0.25) is 0 Å². The van der Waals surface area contributed by atoms with E-state index in [2.05, 4.69) is 24.3 Å². The van der Waals surface area contributed by atoms with Crippen LogP contribution in [-0.2, 0) is 11.3 Å². The number of carbonyl (C=O) groups excluding carboxylic acids is 1. The molecule has 1 fully saturated rings.